The highest BCUT2D eigenvalue weighted by Crippen LogP contribution is 2.32. The lowest BCUT2D eigenvalue weighted by atomic mass is 9.98. The summed E-state index contributed by atoms with van der Waals surface area (Å²) in [5.74, 6) is -1.68. The van der Waals surface area contributed by atoms with E-state index in [0.29, 0.717) is 0 Å². The van der Waals surface area contributed by atoms with Crippen LogP contribution in [0.5, 0.6) is 0 Å². The number of alkyl carbamates (subject to hydrolysis) is 1. The Morgan fingerprint density at radius 2 is 1.54 bits per heavy atom. The van der Waals surface area contributed by atoms with E-state index >= 15 is 0 Å². The molecule has 35 heavy (non-hydrogen) atoms. The third-order valence-corrected chi connectivity index (χ3v) is 5.08. The van der Waals surface area contributed by atoms with Crippen molar-refractivity contribution in [2.45, 2.75) is 51.6 Å². The Balaban J connectivity index is 2.13. The van der Waals surface area contributed by atoms with Crippen LogP contribution in [0.25, 0.3) is 0 Å². The molecule has 2 atom stereocenters. The zero-order valence-corrected chi connectivity index (χ0v) is 19.7. The van der Waals surface area contributed by atoms with Crippen molar-refractivity contribution >= 4 is 18.0 Å². The molecule has 0 saturated carbocycles. The fourth-order valence-electron chi connectivity index (χ4n) is 3.41. The molecule has 0 unspecified atom stereocenters. The van der Waals surface area contributed by atoms with Crippen LogP contribution in [0, 0.1) is 5.92 Å². The van der Waals surface area contributed by atoms with Gasteiger partial charge in [0, 0.05) is 6.42 Å². The molecule has 2 rings (SSSR count). The van der Waals surface area contributed by atoms with Crippen molar-refractivity contribution in [1.82, 2.24) is 10.6 Å². The minimum atomic E-state index is -4.63. The van der Waals surface area contributed by atoms with Crippen LogP contribution in [0.1, 0.15) is 37.0 Å². The Morgan fingerprint density at radius 3 is 2.14 bits per heavy atom. The maximum absolute atomic E-state index is 13.4. The molecule has 0 fully saturated rings. The van der Waals surface area contributed by atoms with Gasteiger partial charge in [-0.1, -0.05) is 62.4 Å². The van der Waals surface area contributed by atoms with Gasteiger partial charge in [-0.3, -0.25) is 4.79 Å². The molecule has 0 aliphatic carbocycles. The number of halogens is 3. The Hall–Kier alpha value is -3.56. The number of carbonyl (C=O) groups is 3. The number of methoxy groups -OCH3 is 1. The Bertz CT molecular complexity index is 996. The molecule has 7 nitrogen and oxygen atoms in total. The van der Waals surface area contributed by atoms with Crippen LogP contribution >= 0.6 is 0 Å². The third-order valence-electron chi connectivity index (χ3n) is 5.08. The minimum absolute atomic E-state index is 0.0122. The largest absolute Gasteiger partial charge is 0.467 e. The van der Waals surface area contributed by atoms with Gasteiger partial charge in [0.1, 0.15) is 18.7 Å². The van der Waals surface area contributed by atoms with Crippen LogP contribution in [-0.2, 0) is 38.3 Å². The van der Waals surface area contributed by atoms with Crippen molar-refractivity contribution < 1.29 is 37.0 Å². The average molecular weight is 495 g/mol. The number of rotatable bonds is 10. The number of hydrogen-bond acceptors (Lipinski definition) is 5. The Morgan fingerprint density at radius 1 is 0.914 bits per heavy atom. The van der Waals surface area contributed by atoms with Gasteiger partial charge in [-0.25, -0.2) is 9.59 Å². The number of ether oxygens (including phenoxy) is 2. The molecule has 0 heterocycles. The lowest BCUT2D eigenvalue weighted by Crippen LogP contribution is -2.53. The summed E-state index contributed by atoms with van der Waals surface area (Å²) in [6.07, 6.45) is -5.71. The van der Waals surface area contributed by atoms with Crippen LogP contribution in [-0.4, -0.2) is 37.2 Å². The van der Waals surface area contributed by atoms with E-state index in [1.165, 1.54) is 18.2 Å². The first-order chi connectivity index (χ1) is 16.5. The van der Waals surface area contributed by atoms with Crippen molar-refractivity contribution in [3.05, 3.63) is 71.3 Å². The van der Waals surface area contributed by atoms with E-state index in [1.807, 2.05) is 19.9 Å². The molecular weight excluding hydrogens is 465 g/mol. The average Bonchev–Trinajstić information content (AvgIpc) is 2.81. The molecule has 2 amide bonds. The van der Waals surface area contributed by atoms with E-state index in [9.17, 15) is 27.6 Å². The lowest BCUT2D eigenvalue weighted by molar-refractivity contribution is -0.146. The smallest absolute Gasteiger partial charge is 0.416 e. The molecule has 2 N–H and O–H groups in total. The van der Waals surface area contributed by atoms with Gasteiger partial charge in [-0.15, -0.1) is 0 Å². The summed E-state index contributed by atoms with van der Waals surface area (Å²) in [7, 11) is 1.07. The standard InChI is InChI=1S/C25H29F3N2O5/c1-16(2)13-20(30-24(33)35-15-17-9-5-4-6-10-17)22(31)29-21(23(32)34-3)14-18-11-7-8-12-19(18)25(26,27)28/h4-12,16,20-21H,13-15H2,1-3H3,(H,29,31)(H,30,33)/t20-,21+/m0/s1. The van der Waals surface area contributed by atoms with E-state index in [0.717, 1.165) is 18.7 Å². The molecule has 0 spiro atoms. The number of hydrogen-bond donors (Lipinski definition) is 2. The van der Waals surface area contributed by atoms with Crippen LogP contribution in [0.4, 0.5) is 18.0 Å². The summed E-state index contributed by atoms with van der Waals surface area (Å²) in [6, 6.07) is 11.2. The zero-order valence-electron chi connectivity index (χ0n) is 19.7. The van der Waals surface area contributed by atoms with Crippen molar-refractivity contribution in [3.8, 4) is 0 Å². The number of alkyl halides is 3. The number of carbonyl (C=O) groups excluding carboxylic acids is 3. The van der Waals surface area contributed by atoms with Gasteiger partial charge in [-0.2, -0.15) is 13.2 Å². The van der Waals surface area contributed by atoms with E-state index in [-0.39, 0.29) is 24.5 Å². The van der Waals surface area contributed by atoms with E-state index in [2.05, 4.69) is 10.6 Å². The van der Waals surface area contributed by atoms with Gasteiger partial charge in [0.25, 0.3) is 0 Å². The topological polar surface area (TPSA) is 93.7 Å². The van der Waals surface area contributed by atoms with Crippen LogP contribution in [0.2, 0.25) is 0 Å². The van der Waals surface area contributed by atoms with E-state index in [4.69, 9.17) is 9.47 Å². The Kier molecular flexibility index (Phi) is 10.1. The number of benzene rings is 2. The van der Waals surface area contributed by atoms with E-state index < -0.39 is 48.2 Å². The highest BCUT2D eigenvalue weighted by atomic mass is 19.4. The summed E-state index contributed by atoms with van der Waals surface area (Å²) in [5, 5.41) is 4.90. The molecule has 10 heteroatoms. The monoisotopic (exact) mass is 494 g/mol. The maximum atomic E-state index is 13.4. The van der Waals surface area contributed by atoms with Crippen LogP contribution < -0.4 is 10.6 Å². The number of amides is 2. The SMILES string of the molecule is COC(=O)[C@@H](Cc1ccccc1C(F)(F)F)NC(=O)[C@H](CC(C)C)NC(=O)OCc1ccccc1. The first kappa shape index (κ1) is 27.7. The molecule has 190 valence electrons. The summed E-state index contributed by atoms with van der Waals surface area (Å²) >= 11 is 0. The molecule has 2 aromatic rings. The molecule has 0 radical (unpaired) electrons. The third kappa shape index (κ3) is 8.95. The van der Waals surface area contributed by atoms with Gasteiger partial charge in [-0.05, 0) is 29.5 Å². The summed E-state index contributed by atoms with van der Waals surface area (Å²) in [4.78, 5) is 37.6. The molecule has 2 aromatic carbocycles. The quantitative estimate of drug-likeness (QED) is 0.482. The predicted molar refractivity (Wildman–Crippen MR) is 122 cm³/mol. The molecule has 0 aliphatic heterocycles. The highest BCUT2D eigenvalue weighted by Gasteiger charge is 2.35. The van der Waals surface area contributed by atoms with E-state index in [1.54, 1.807) is 24.3 Å². The maximum Gasteiger partial charge on any atom is 0.416 e. The second-order valence-corrected chi connectivity index (χ2v) is 8.33. The Labute approximate surface area is 202 Å². The van der Waals surface area contributed by atoms with Gasteiger partial charge in [0.2, 0.25) is 5.91 Å². The van der Waals surface area contributed by atoms with Crippen molar-refractivity contribution in [3.63, 3.8) is 0 Å². The van der Waals surface area contributed by atoms with Crippen LogP contribution in [0.15, 0.2) is 54.6 Å². The van der Waals surface area contributed by atoms with Crippen LogP contribution in [0.3, 0.4) is 0 Å². The van der Waals surface area contributed by atoms with Crippen molar-refractivity contribution in [2.24, 2.45) is 5.92 Å². The number of nitrogens with one attached hydrogen (secondary N) is 2. The van der Waals surface area contributed by atoms with Gasteiger partial charge in [0.15, 0.2) is 0 Å². The van der Waals surface area contributed by atoms with Crippen molar-refractivity contribution in [2.75, 3.05) is 7.11 Å². The minimum Gasteiger partial charge on any atom is -0.467 e. The van der Waals surface area contributed by atoms with Gasteiger partial charge < -0.3 is 20.1 Å². The zero-order chi connectivity index (χ0) is 26.0. The summed E-state index contributed by atoms with van der Waals surface area (Å²) in [6.45, 7) is 3.64. The first-order valence-corrected chi connectivity index (χ1v) is 11.0. The normalized spacial score (nSPS) is 13.0. The molecule has 0 bridgehead atoms. The first-order valence-electron chi connectivity index (χ1n) is 11.0. The highest BCUT2D eigenvalue weighted by molar-refractivity contribution is 5.89. The van der Waals surface area contributed by atoms with Gasteiger partial charge >= 0.3 is 18.2 Å². The molecule has 0 aliphatic rings. The molecule has 0 aromatic heterocycles. The molecular formula is C25H29F3N2O5. The summed E-state index contributed by atoms with van der Waals surface area (Å²) < 4.78 is 50.0. The fourth-order valence-corrected chi connectivity index (χ4v) is 3.41. The lowest BCUT2D eigenvalue weighted by Gasteiger charge is -2.24. The second kappa shape index (κ2) is 12.8. The second-order valence-electron chi connectivity index (χ2n) is 8.33. The van der Waals surface area contributed by atoms with Gasteiger partial charge in [0.05, 0.1) is 12.7 Å². The number of esters is 1. The van der Waals surface area contributed by atoms with Crippen molar-refractivity contribution in [1.29, 1.82) is 0 Å². The fraction of sp³-hybridized carbons (Fsp3) is 0.400. The molecule has 0 saturated heterocycles. The summed E-state index contributed by atoms with van der Waals surface area (Å²) in [5.41, 5.74) is -0.336. The predicted octanol–water partition coefficient (Wildman–Crippen LogP) is 4.25.